The Bertz CT molecular complexity index is 252. The van der Waals surface area contributed by atoms with Gasteiger partial charge in [-0.1, -0.05) is 0 Å². The molecule has 1 aliphatic rings. The van der Waals surface area contributed by atoms with Crippen molar-refractivity contribution in [3.05, 3.63) is 12.4 Å². The highest BCUT2D eigenvalue weighted by molar-refractivity contribution is 5.24. The molecule has 0 atom stereocenters. The van der Waals surface area contributed by atoms with Crippen LogP contribution in [0.4, 0.5) is 0 Å². The molecule has 0 amide bonds. The van der Waals surface area contributed by atoms with E-state index in [9.17, 15) is 0 Å². The second kappa shape index (κ2) is 2.94. The molecule has 1 N–H and O–H groups in total. The fourth-order valence-electron chi connectivity index (χ4n) is 0.909. The minimum atomic E-state index is -0.610. The Balaban J connectivity index is 2.26. The molecule has 1 aliphatic heterocycles. The zero-order chi connectivity index (χ0) is 8.39. The summed E-state index contributed by atoms with van der Waals surface area (Å²) in [5.74, 6) is 0.683. The van der Waals surface area contributed by atoms with Crippen LogP contribution in [0.1, 0.15) is 0 Å². The predicted molar refractivity (Wildman–Crippen MR) is 39.0 cm³/mol. The quantitative estimate of drug-likeness (QED) is 0.571. The summed E-state index contributed by atoms with van der Waals surface area (Å²) in [6, 6.07) is 0. The average Bonchev–Trinajstić information content (AvgIpc) is 2.29. The summed E-state index contributed by atoms with van der Waals surface area (Å²) in [6.45, 7) is 0.400. The maximum atomic E-state index is 9.16. The lowest BCUT2D eigenvalue weighted by Crippen LogP contribution is -2.22. The van der Waals surface area contributed by atoms with E-state index in [0.717, 1.165) is 0 Å². The Kier molecular flexibility index (Phi) is 1.79. The molecule has 0 saturated heterocycles. The molecule has 1 aromatic rings. The number of rotatable bonds is 0. The van der Waals surface area contributed by atoms with Crippen molar-refractivity contribution in [2.45, 2.75) is 6.10 Å². The highest BCUT2D eigenvalue weighted by Gasteiger charge is 2.17. The largest absolute Gasteiger partial charge is 0.471 e. The smallest absolute Gasteiger partial charge is 0.278 e. The van der Waals surface area contributed by atoms with Gasteiger partial charge in [-0.25, -0.2) is 9.97 Å². The Morgan fingerprint density at radius 3 is 2.17 bits per heavy atom. The monoisotopic (exact) mass is 168 g/mol. The van der Waals surface area contributed by atoms with E-state index in [2.05, 4.69) is 9.97 Å². The Morgan fingerprint density at radius 1 is 1.17 bits per heavy atom. The summed E-state index contributed by atoms with van der Waals surface area (Å²) >= 11 is 0. The van der Waals surface area contributed by atoms with Crippen molar-refractivity contribution in [1.29, 1.82) is 0 Å². The number of hydrogen-bond donors (Lipinski definition) is 1. The first kappa shape index (κ1) is 7.30. The molecule has 2 heterocycles. The van der Waals surface area contributed by atoms with Crippen LogP contribution < -0.4 is 9.47 Å². The number of nitrogens with zero attached hydrogens (tertiary/aromatic N) is 2. The highest BCUT2D eigenvalue weighted by atomic mass is 16.6. The number of ether oxygens (including phenoxy) is 2. The number of aliphatic hydroxyl groups is 1. The van der Waals surface area contributed by atoms with Gasteiger partial charge in [0.1, 0.15) is 19.3 Å². The topological polar surface area (TPSA) is 64.5 Å². The standard InChI is InChI=1S/C7H8N2O3/c10-5-3-11-6-7(12-4-5)9-2-1-8-6/h1-2,5,10H,3-4H2. The van der Waals surface area contributed by atoms with Crippen molar-refractivity contribution in [2.24, 2.45) is 0 Å². The van der Waals surface area contributed by atoms with Crippen molar-refractivity contribution in [2.75, 3.05) is 13.2 Å². The maximum absolute atomic E-state index is 9.16. The third kappa shape index (κ3) is 1.31. The van der Waals surface area contributed by atoms with Crippen LogP contribution in [0.25, 0.3) is 0 Å². The van der Waals surface area contributed by atoms with Crippen LogP contribution in [0.5, 0.6) is 11.8 Å². The number of fused-ring (bicyclic) bond motifs is 1. The predicted octanol–water partition coefficient (Wildman–Crippen LogP) is -0.391. The molecule has 0 fully saturated rings. The van der Waals surface area contributed by atoms with Crippen molar-refractivity contribution < 1.29 is 14.6 Å². The second-order valence-corrected chi connectivity index (χ2v) is 2.44. The Labute approximate surface area is 69.0 Å². The lowest BCUT2D eigenvalue weighted by atomic mass is 10.4. The molecule has 12 heavy (non-hydrogen) atoms. The molecular formula is C7H8N2O3. The zero-order valence-electron chi connectivity index (χ0n) is 6.30. The highest BCUT2D eigenvalue weighted by Crippen LogP contribution is 2.22. The number of hydrogen-bond acceptors (Lipinski definition) is 5. The van der Waals surface area contributed by atoms with E-state index in [1.54, 1.807) is 0 Å². The van der Waals surface area contributed by atoms with Gasteiger partial charge in [-0.05, 0) is 0 Å². The maximum Gasteiger partial charge on any atom is 0.278 e. The molecule has 0 radical (unpaired) electrons. The van der Waals surface area contributed by atoms with Crippen molar-refractivity contribution in [1.82, 2.24) is 9.97 Å². The molecule has 0 aliphatic carbocycles. The second-order valence-electron chi connectivity index (χ2n) is 2.44. The van der Waals surface area contributed by atoms with E-state index in [1.807, 2.05) is 0 Å². The van der Waals surface area contributed by atoms with Crippen LogP contribution in [0.15, 0.2) is 12.4 Å². The summed E-state index contributed by atoms with van der Waals surface area (Å²) in [5.41, 5.74) is 0. The van der Waals surface area contributed by atoms with Crippen molar-refractivity contribution in [3.8, 4) is 11.8 Å². The van der Waals surface area contributed by atoms with Gasteiger partial charge < -0.3 is 14.6 Å². The van der Waals surface area contributed by atoms with Gasteiger partial charge in [-0.15, -0.1) is 0 Å². The van der Waals surface area contributed by atoms with Gasteiger partial charge in [0.2, 0.25) is 0 Å². The first-order valence-corrected chi connectivity index (χ1v) is 3.61. The van der Waals surface area contributed by atoms with Crippen LogP contribution in [-0.4, -0.2) is 34.4 Å². The molecule has 5 nitrogen and oxygen atoms in total. The molecule has 1 aromatic heterocycles. The number of aromatic nitrogens is 2. The summed E-state index contributed by atoms with van der Waals surface area (Å²) in [7, 11) is 0. The van der Waals surface area contributed by atoms with Crippen LogP contribution in [0.3, 0.4) is 0 Å². The number of aliphatic hydroxyl groups excluding tert-OH is 1. The van der Waals surface area contributed by atoms with Crippen LogP contribution in [-0.2, 0) is 0 Å². The molecule has 5 heteroatoms. The molecular weight excluding hydrogens is 160 g/mol. The first-order chi connectivity index (χ1) is 5.86. The fourth-order valence-corrected chi connectivity index (χ4v) is 0.909. The molecule has 2 rings (SSSR count). The van der Waals surface area contributed by atoms with E-state index in [1.165, 1.54) is 12.4 Å². The minimum absolute atomic E-state index is 0.200. The molecule has 0 bridgehead atoms. The Hall–Kier alpha value is -1.36. The van der Waals surface area contributed by atoms with Crippen LogP contribution >= 0.6 is 0 Å². The van der Waals surface area contributed by atoms with E-state index >= 15 is 0 Å². The zero-order valence-corrected chi connectivity index (χ0v) is 6.30. The summed E-state index contributed by atoms with van der Waals surface area (Å²) < 4.78 is 10.2. The van der Waals surface area contributed by atoms with E-state index < -0.39 is 6.10 Å². The lowest BCUT2D eigenvalue weighted by molar-refractivity contribution is 0.0786. The van der Waals surface area contributed by atoms with E-state index in [4.69, 9.17) is 14.6 Å². The van der Waals surface area contributed by atoms with Gasteiger partial charge in [0.05, 0.1) is 0 Å². The first-order valence-electron chi connectivity index (χ1n) is 3.61. The van der Waals surface area contributed by atoms with Crippen LogP contribution in [0, 0.1) is 0 Å². The molecule has 0 aromatic carbocycles. The van der Waals surface area contributed by atoms with Gasteiger partial charge in [0, 0.05) is 12.4 Å². The third-order valence-corrected chi connectivity index (χ3v) is 1.46. The van der Waals surface area contributed by atoms with Gasteiger partial charge in [0.15, 0.2) is 0 Å². The van der Waals surface area contributed by atoms with Crippen LogP contribution in [0.2, 0.25) is 0 Å². The Morgan fingerprint density at radius 2 is 1.67 bits per heavy atom. The minimum Gasteiger partial charge on any atom is -0.471 e. The van der Waals surface area contributed by atoms with Gasteiger partial charge in [-0.3, -0.25) is 0 Å². The van der Waals surface area contributed by atoms with Crippen molar-refractivity contribution >= 4 is 0 Å². The summed E-state index contributed by atoms with van der Waals surface area (Å²) in [5, 5.41) is 9.16. The van der Waals surface area contributed by atoms with Crippen molar-refractivity contribution in [3.63, 3.8) is 0 Å². The SMILES string of the molecule is OC1COc2nccnc2OC1. The average molecular weight is 168 g/mol. The molecule has 0 saturated carbocycles. The molecule has 64 valence electrons. The lowest BCUT2D eigenvalue weighted by Gasteiger charge is -2.02. The third-order valence-electron chi connectivity index (χ3n) is 1.46. The van der Waals surface area contributed by atoms with Gasteiger partial charge in [0.25, 0.3) is 11.8 Å². The summed E-state index contributed by atoms with van der Waals surface area (Å²) in [4.78, 5) is 7.79. The van der Waals surface area contributed by atoms with Gasteiger partial charge >= 0.3 is 0 Å². The van der Waals surface area contributed by atoms with E-state index in [0.29, 0.717) is 11.8 Å². The summed E-state index contributed by atoms with van der Waals surface area (Å²) in [6.07, 6.45) is 2.42. The van der Waals surface area contributed by atoms with E-state index in [-0.39, 0.29) is 13.2 Å². The molecule has 0 spiro atoms. The van der Waals surface area contributed by atoms with Gasteiger partial charge in [-0.2, -0.15) is 0 Å². The normalized spacial score (nSPS) is 17.1. The molecule has 0 unspecified atom stereocenters. The fraction of sp³-hybridized carbons (Fsp3) is 0.429.